The van der Waals surface area contributed by atoms with Gasteiger partial charge in [-0.25, -0.2) is 0 Å². The number of piperidine rings is 1. The van der Waals surface area contributed by atoms with Crippen molar-refractivity contribution in [1.82, 2.24) is 15.1 Å². The van der Waals surface area contributed by atoms with E-state index in [9.17, 15) is 19.2 Å². The van der Waals surface area contributed by atoms with Gasteiger partial charge in [0, 0.05) is 45.4 Å². The SMILES string of the molecule is CC(C)(C)C1CCN(C(=O)CCCCCNC(=O)CCCCCN2C(=O)CC(C(C)(C)C)C2=O)CC1. The second-order valence-electron chi connectivity index (χ2n) is 13.0. The van der Waals surface area contributed by atoms with Crippen LogP contribution in [0.1, 0.15) is 112 Å². The molecule has 7 nitrogen and oxygen atoms in total. The lowest BCUT2D eigenvalue weighted by Gasteiger charge is -2.38. The van der Waals surface area contributed by atoms with Crippen LogP contribution in [-0.2, 0) is 19.2 Å². The van der Waals surface area contributed by atoms with Crippen LogP contribution < -0.4 is 5.32 Å². The molecule has 0 aliphatic carbocycles. The third kappa shape index (κ3) is 9.51. The van der Waals surface area contributed by atoms with Crippen LogP contribution in [0.2, 0.25) is 0 Å². The number of hydrogen-bond acceptors (Lipinski definition) is 4. The Morgan fingerprint density at radius 3 is 2.03 bits per heavy atom. The van der Waals surface area contributed by atoms with E-state index in [1.165, 1.54) is 4.90 Å². The summed E-state index contributed by atoms with van der Waals surface area (Å²) in [7, 11) is 0. The Hall–Kier alpha value is -1.92. The van der Waals surface area contributed by atoms with Crippen LogP contribution in [0.15, 0.2) is 0 Å². The van der Waals surface area contributed by atoms with Crippen molar-refractivity contribution in [2.75, 3.05) is 26.2 Å². The molecule has 4 amide bonds. The molecular weight excluding hydrogens is 454 g/mol. The molecule has 2 fully saturated rings. The molecule has 1 unspecified atom stereocenters. The van der Waals surface area contributed by atoms with Crippen molar-refractivity contribution in [3.05, 3.63) is 0 Å². The maximum Gasteiger partial charge on any atom is 0.233 e. The number of amides is 4. The molecule has 0 radical (unpaired) electrons. The Kier molecular flexibility index (Phi) is 11.4. The normalized spacial score (nSPS) is 19.8. The van der Waals surface area contributed by atoms with Crippen molar-refractivity contribution in [1.29, 1.82) is 0 Å². The number of rotatable bonds is 12. The molecule has 1 atom stereocenters. The molecule has 7 heteroatoms. The average molecular weight is 506 g/mol. The van der Waals surface area contributed by atoms with Gasteiger partial charge in [0.1, 0.15) is 0 Å². The van der Waals surface area contributed by atoms with Crippen LogP contribution in [0.25, 0.3) is 0 Å². The molecule has 2 aliphatic rings. The van der Waals surface area contributed by atoms with Crippen LogP contribution in [0.3, 0.4) is 0 Å². The van der Waals surface area contributed by atoms with E-state index in [4.69, 9.17) is 0 Å². The second kappa shape index (κ2) is 13.6. The van der Waals surface area contributed by atoms with Gasteiger partial charge in [-0.15, -0.1) is 0 Å². The number of likely N-dealkylation sites (tertiary alicyclic amines) is 2. The van der Waals surface area contributed by atoms with E-state index < -0.39 is 0 Å². The van der Waals surface area contributed by atoms with E-state index in [2.05, 4.69) is 26.1 Å². The first kappa shape index (κ1) is 30.3. The van der Waals surface area contributed by atoms with E-state index in [1.54, 1.807) is 0 Å². The quantitative estimate of drug-likeness (QED) is 0.301. The summed E-state index contributed by atoms with van der Waals surface area (Å²) in [5.74, 6) is 0.692. The van der Waals surface area contributed by atoms with Gasteiger partial charge in [-0.05, 0) is 55.3 Å². The van der Waals surface area contributed by atoms with E-state index in [1.807, 2.05) is 25.7 Å². The predicted molar refractivity (Wildman–Crippen MR) is 143 cm³/mol. The Labute approximate surface area is 219 Å². The van der Waals surface area contributed by atoms with Gasteiger partial charge in [-0.2, -0.15) is 0 Å². The predicted octanol–water partition coefficient (Wildman–Crippen LogP) is 4.93. The number of nitrogens with one attached hydrogen (secondary N) is 1. The Bertz CT molecular complexity index is 757. The van der Waals surface area contributed by atoms with Crippen LogP contribution in [0.5, 0.6) is 0 Å². The molecular formula is C29H51N3O4. The summed E-state index contributed by atoms with van der Waals surface area (Å²) in [6, 6.07) is 0. The van der Waals surface area contributed by atoms with Gasteiger partial charge >= 0.3 is 0 Å². The summed E-state index contributed by atoms with van der Waals surface area (Å²) < 4.78 is 0. The third-order valence-electron chi connectivity index (χ3n) is 8.04. The van der Waals surface area contributed by atoms with Crippen LogP contribution >= 0.6 is 0 Å². The van der Waals surface area contributed by atoms with Gasteiger partial charge in [0.05, 0.1) is 5.92 Å². The molecule has 2 saturated heterocycles. The summed E-state index contributed by atoms with van der Waals surface area (Å²) in [6.45, 7) is 15.8. The van der Waals surface area contributed by atoms with E-state index >= 15 is 0 Å². The topological polar surface area (TPSA) is 86.8 Å². The number of nitrogens with zero attached hydrogens (tertiary/aromatic N) is 2. The molecule has 1 N–H and O–H groups in total. The second-order valence-corrected chi connectivity index (χ2v) is 13.0. The largest absolute Gasteiger partial charge is 0.356 e. The first-order valence-electron chi connectivity index (χ1n) is 14.2. The zero-order chi connectivity index (χ0) is 26.9. The number of unbranched alkanes of at least 4 members (excludes halogenated alkanes) is 4. The highest BCUT2D eigenvalue weighted by Gasteiger charge is 2.44. The van der Waals surface area contributed by atoms with Crippen molar-refractivity contribution in [2.45, 2.75) is 112 Å². The smallest absolute Gasteiger partial charge is 0.233 e. The molecule has 206 valence electrons. The van der Waals surface area contributed by atoms with Gasteiger partial charge in [0.25, 0.3) is 0 Å². The third-order valence-corrected chi connectivity index (χ3v) is 8.04. The van der Waals surface area contributed by atoms with Crippen LogP contribution in [0.4, 0.5) is 0 Å². The van der Waals surface area contributed by atoms with Crippen LogP contribution in [-0.4, -0.2) is 59.6 Å². The highest BCUT2D eigenvalue weighted by Crippen LogP contribution is 2.36. The van der Waals surface area contributed by atoms with Crippen molar-refractivity contribution in [3.8, 4) is 0 Å². The minimum absolute atomic E-state index is 0.0444. The Balaban J connectivity index is 1.46. The van der Waals surface area contributed by atoms with E-state index in [0.29, 0.717) is 43.7 Å². The fourth-order valence-electron chi connectivity index (χ4n) is 5.37. The molecule has 36 heavy (non-hydrogen) atoms. The highest BCUT2D eigenvalue weighted by molar-refractivity contribution is 6.03. The van der Waals surface area contributed by atoms with Gasteiger partial charge in [0.2, 0.25) is 23.6 Å². The lowest BCUT2D eigenvalue weighted by Crippen LogP contribution is -2.41. The Morgan fingerprint density at radius 2 is 1.44 bits per heavy atom. The van der Waals surface area contributed by atoms with Gasteiger partial charge < -0.3 is 10.2 Å². The molecule has 0 aromatic rings. The minimum atomic E-state index is -0.222. The molecule has 0 aromatic carbocycles. The highest BCUT2D eigenvalue weighted by atomic mass is 16.2. The first-order chi connectivity index (χ1) is 16.8. The van der Waals surface area contributed by atoms with E-state index in [-0.39, 0.29) is 35.0 Å². The fraction of sp³-hybridized carbons (Fsp3) is 0.862. The summed E-state index contributed by atoms with van der Waals surface area (Å²) in [4.78, 5) is 52.7. The Morgan fingerprint density at radius 1 is 0.833 bits per heavy atom. The van der Waals surface area contributed by atoms with Crippen molar-refractivity contribution < 1.29 is 19.2 Å². The van der Waals surface area contributed by atoms with E-state index in [0.717, 1.165) is 64.5 Å². The van der Waals surface area contributed by atoms with Gasteiger partial charge in [-0.1, -0.05) is 54.4 Å². The van der Waals surface area contributed by atoms with Crippen molar-refractivity contribution in [2.24, 2.45) is 22.7 Å². The molecule has 2 aliphatic heterocycles. The fourth-order valence-corrected chi connectivity index (χ4v) is 5.37. The molecule has 0 spiro atoms. The summed E-state index contributed by atoms with van der Waals surface area (Å²) >= 11 is 0. The zero-order valence-corrected chi connectivity index (χ0v) is 23.8. The van der Waals surface area contributed by atoms with Crippen LogP contribution in [0, 0.1) is 22.7 Å². The van der Waals surface area contributed by atoms with Gasteiger partial charge in [-0.3, -0.25) is 24.1 Å². The molecule has 0 saturated carbocycles. The van der Waals surface area contributed by atoms with Crippen molar-refractivity contribution in [3.63, 3.8) is 0 Å². The lowest BCUT2D eigenvalue weighted by molar-refractivity contribution is -0.140. The summed E-state index contributed by atoms with van der Waals surface area (Å²) in [5, 5.41) is 2.97. The first-order valence-corrected chi connectivity index (χ1v) is 14.2. The standard InChI is InChI=1S/C29H51N3O4/c1-28(2,3)22-15-19-31(20-16-22)25(34)14-10-7-11-17-30-24(33)13-9-8-12-18-32-26(35)21-23(27(32)36)29(4,5)6/h22-23H,7-21H2,1-6H3,(H,30,33). The monoisotopic (exact) mass is 505 g/mol. The number of imide groups is 1. The zero-order valence-electron chi connectivity index (χ0n) is 23.8. The molecule has 2 rings (SSSR count). The number of hydrogen-bond donors (Lipinski definition) is 1. The van der Waals surface area contributed by atoms with Crippen molar-refractivity contribution >= 4 is 23.6 Å². The number of carbonyl (C=O) groups is 4. The maximum absolute atomic E-state index is 12.5. The lowest BCUT2D eigenvalue weighted by atomic mass is 9.75. The van der Waals surface area contributed by atoms with Gasteiger partial charge in [0.15, 0.2) is 0 Å². The molecule has 2 heterocycles. The molecule has 0 aromatic heterocycles. The maximum atomic E-state index is 12.5. The summed E-state index contributed by atoms with van der Waals surface area (Å²) in [5.41, 5.74) is 0.128. The number of carbonyl (C=O) groups excluding carboxylic acids is 4. The summed E-state index contributed by atoms with van der Waals surface area (Å²) in [6.07, 6.45) is 8.61. The minimum Gasteiger partial charge on any atom is -0.356 e. The molecule has 0 bridgehead atoms. The average Bonchev–Trinajstić information content (AvgIpc) is 3.09.